The van der Waals surface area contributed by atoms with Gasteiger partial charge in [0.15, 0.2) is 5.03 Å². The number of aliphatic hydroxyl groups excluding tert-OH is 1. The number of sulfonamides is 1. The molecule has 96 valence electrons. The van der Waals surface area contributed by atoms with E-state index in [4.69, 9.17) is 5.11 Å². The van der Waals surface area contributed by atoms with Gasteiger partial charge in [0, 0.05) is 13.2 Å². The van der Waals surface area contributed by atoms with E-state index < -0.39 is 10.0 Å². The van der Waals surface area contributed by atoms with E-state index in [-0.39, 0.29) is 23.5 Å². The average molecular weight is 259 g/mol. The van der Waals surface area contributed by atoms with Crippen molar-refractivity contribution in [3.05, 3.63) is 12.5 Å². The number of hydrogen-bond acceptors (Lipinski definition) is 4. The summed E-state index contributed by atoms with van der Waals surface area (Å²) >= 11 is 0. The lowest BCUT2D eigenvalue weighted by atomic mass is 9.97. The van der Waals surface area contributed by atoms with Crippen LogP contribution >= 0.6 is 0 Å². The van der Waals surface area contributed by atoms with Gasteiger partial charge in [-0.25, -0.2) is 18.1 Å². The van der Waals surface area contributed by atoms with Gasteiger partial charge >= 0.3 is 0 Å². The van der Waals surface area contributed by atoms with Gasteiger partial charge in [0.2, 0.25) is 0 Å². The van der Waals surface area contributed by atoms with E-state index in [1.54, 1.807) is 0 Å². The first-order chi connectivity index (χ1) is 8.13. The van der Waals surface area contributed by atoms with Crippen LogP contribution in [0.2, 0.25) is 0 Å². The topological polar surface area (TPSA) is 95.1 Å². The molecule has 1 heterocycles. The summed E-state index contributed by atoms with van der Waals surface area (Å²) in [5.74, 6) is 0.456. The average Bonchev–Trinajstić information content (AvgIpc) is 2.97. The van der Waals surface area contributed by atoms with Crippen molar-refractivity contribution in [1.82, 2.24) is 14.7 Å². The molecule has 1 fully saturated rings. The molecule has 0 radical (unpaired) electrons. The summed E-state index contributed by atoms with van der Waals surface area (Å²) in [5.41, 5.74) is 0. The third-order valence-corrected chi connectivity index (χ3v) is 4.70. The number of nitrogens with one attached hydrogen (secondary N) is 2. The van der Waals surface area contributed by atoms with E-state index in [0.29, 0.717) is 6.54 Å². The summed E-state index contributed by atoms with van der Waals surface area (Å²) in [5, 5.41) is 9.24. The minimum absolute atomic E-state index is 0.0797. The lowest BCUT2D eigenvalue weighted by molar-refractivity contribution is 0.195. The van der Waals surface area contributed by atoms with E-state index in [1.165, 1.54) is 12.5 Å². The number of imidazole rings is 1. The predicted molar refractivity (Wildman–Crippen MR) is 61.7 cm³/mol. The maximum Gasteiger partial charge on any atom is 0.257 e. The van der Waals surface area contributed by atoms with E-state index in [1.807, 2.05) is 0 Å². The first kappa shape index (κ1) is 12.5. The zero-order valence-corrected chi connectivity index (χ0v) is 10.3. The molecule has 3 N–H and O–H groups in total. The van der Waals surface area contributed by atoms with Crippen LogP contribution in [0.25, 0.3) is 0 Å². The molecule has 1 aromatic heterocycles. The molecule has 1 aliphatic rings. The number of aromatic amines is 1. The van der Waals surface area contributed by atoms with Crippen molar-refractivity contribution in [3.8, 4) is 0 Å². The normalized spacial score (nSPS) is 25.2. The van der Waals surface area contributed by atoms with Crippen molar-refractivity contribution in [1.29, 1.82) is 0 Å². The zero-order valence-electron chi connectivity index (χ0n) is 9.46. The molecule has 0 bridgehead atoms. The highest BCUT2D eigenvalue weighted by atomic mass is 32.2. The second-order valence-corrected chi connectivity index (χ2v) is 6.14. The van der Waals surface area contributed by atoms with Crippen LogP contribution in [0.3, 0.4) is 0 Å². The van der Waals surface area contributed by atoms with Crippen molar-refractivity contribution < 1.29 is 13.5 Å². The van der Waals surface area contributed by atoms with Gasteiger partial charge in [0.25, 0.3) is 10.0 Å². The Kier molecular flexibility index (Phi) is 3.80. The first-order valence-corrected chi connectivity index (χ1v) is 7.20. The molecule has 2 rings (SSSR count). The summed E-state index contributed by atoms with van der Waals surface area (Å²) in [4.78, 5) is 6.25. The quantitative estimate of drug-likeness (QED) is 0.698. The minimum Gasteiger partial charge on any atom is -0.396 e. The lowest BCUT2D eigenvalue weighted by Crippen LogP contribution is -2.31. The molecule has 2 unspecified atom stereocenters. The number of H-pyrrole nitrogens is 1. The molecule has 7 heteroatoms. The molecule has 17 heavy (non-hydrogen) atoms. The van der Waals surface area contributed by atoms with Crippen molar-refractivity contribution >= 4 is 10.0 Å². The highest BCUT2D eigenvalue weighted by molar-refractivity contribution is 7.89. The summed E-state index contributed by atoms with van der Waals surface area (Å²) in [6, 6.07) is 0. The third-order valence-electron chi connectivity index (χ3n) is 3.35. The van der Waals surface area contributed by atoms with Crippen LogP contribution in [0, 0.1) is 11.8 Å². The molecule has 0 spiro atoms. The monoisotopic (exact) mass is 259 g/mol. The number of rotatable bonds is 5. The van der Waals surface area contributed by atoms with Gasteiger partial charge < -0.3 is 10.1 Å². The molecular weight excluding hydrogens is 242 g/mol. The van der Waals surface area contributed by atoms with Crippen molar-refractivity contribution in [2.24, 2.45) is 11.8 Å². The van der Waals surface area contributed by atoms with Gasteiger partial charge in [-0.2, -0.15) is 0 Å². The highest BCUT2D eigenvalue weighted by Crippen LogP contribution is 2.30. The van der Waals surface area contributed by atoms with Crippen LogP contribution in [0.4, 0.5) is 0 Å². The second-order valence-electron chi connectivity index (χ2n) is 4.40. The second kappa shape index (κ2) is 5.16. The minimum atomic E-state index is -3.49. The molecule has 2 atom stereocenters. The van der Waals surface area contributed by atoms with E-state index in [0.717, 1.165) is 19.3 Å². The van der Waals surface area contributed by atoms with E-state index in [9.17, 15) is 8.42 Å². The Morgan fingerprint density at radius 3 is 2.88 bits per heavy atom. The highest BCUT2D eigenvalue weighted by Gasteiger charge is 2.28. The number of hydrogen-bond donors (Lipinski definition) is 3. The summed E-state index contributed by atoms with van der Waals surface area (Å²) in [6.07, 6.45) is 5.62. The maximum atomic E-state index is 11.8. The van der Waals surface area contributed by atoms with Gasteiger partial charge in [-0.15, -0.1) is 0 Å². The molecule has 0 saturated heterocycles. The number of nitrogens with zero attached hydrogens (tertiary/aromatic N) is 1. The van der Waals surface area contributed by atoms with Gasteiger partial charge in [0.1, 0.15) is 0 Å². The van der Waals surface area contributed by atoms with Gasteiger partial charge in [-0.3, -0.25) is 0 Å². The summed E-state index contributed by atoms with van der Waals surface area (Å²) < 4.78 is 26.2. The molecule has 1 aliphatic carbocycles. The Balaban J connectivity index is 1.94. The largest absolute Gasteiger partial charge is 0.396 e. The van der Waals surface area contributed by atoms with Crippen LogP contribution in [0.5, 0.6) is 0 Å². The summed E-state index contributed by atoms with van der Waals surface area (Å²) in [6.45, 7) is 0.517. The molecule has 1 aromatic rings. The standard InChI is InChI=1S/C10H17N3O3S/c14-6-9-3-1-2-8(9)4-13-17(15,16)10-5-11-7-12-10/h5,7-9,13-14H,1-4,6H2,(H,11,12). The predicted octanol–water partition coefficient (Wildman–Crippen LogP) is 0.0966. The van der Waals surface area contributed by atoms with Crippen LogP contribution in [0.1, 0.15) is 19.3 Å². The van der Waals surface area contributed by atoms with Crippen molar-refractivity contribution in [2.45, 2.75) is 24.3 Å². The fraction of sp³-hybridized carbons (Fsp3) is 0.700. The fourth-order valence-corrected chi connectivity index (χ4v) is 3.30. The number of aromatic nitrogens is 2. The lowest BCUT2D eigenvalue weighted by Gasteiger charge is -2.17. The van der Waals surface area contributed by atoms with E-state index >= 15 is 0 Å². The SMILES string of the molecule is O=S(=O)(NCC1CCCC1CO)c1cnc[nH]1. The van der Waals surface area contributed by atoms with Crippen molar-refractivity contribution in [2.75, 3.05) is 13.2 Å². The fourth-order valence-electron chi connectivity index (χ4n) is 2.31. The molecule has 0 amide bonds. The Bertz CT molecular complexity index is 443. The molecule has 1 saturated carbocycles. The third kappa shape index (κ3) is 2.85. The zero-order chi connectivity index (χ0) is 12.3. The van der Waals surface area contributed by atoms with Gasteiger partial charge in [0.05, 0.1) is 12.5 Å². The van der Waals surface area contributed by atoms with E-state index in [2.05, 4.69) is 14.7 Å². The Labute approximate surface area is 101 Å². The van der Waals surface area contributed by atoms with Gasteiger partial charge in [-0.1, -0.05) is 6.42 Å². The van der Waals surface area contributed by atoms with Crippen LogP contribution in [0.15, 0.2) is 17.6 Å². The van der Waals surface area contributed by atoms with Crippen LogP contribution in [-0.4, -0.2) is 36.6 Å². The molecule has 0 aliphatic heterocycles. The molecule has 0 aromatic carbocycles. The number of aliphatic hydroxyl groups is 1. The van der Waals surface area contributed by atoms with Crippen LogP contribution < -0.4 is 4.72 Å². The molecule has 6 nitrogen and oxygen atoms in total. The Morgan fingerprint density at radius 2 is 2.24 bits per heavy atom. The molecular formula is C10H17N3O3S. The maximum absolute atomic E-state index is 11.8. The Hall–Kier alpha value is -0.920. The van der Waals surface area contributed by atoms with Crippen molar-refractivity contribution in [3.63, 3.8) is 0 Å². The van der Waals surface area contributed by atoms with Crippen LogP contribution in [-0.2, 0) is 10.0 Å². The van der Waals surface area contributed by atoms with Gasteiger partial charge in [-0.05, 0) is 24.7 Å². The Morgan fingerprint density at radius 1 is 1.47 bits per heavy atom. The first-order valence-electron chi connectivity index (χ1n) is 5.72. The smallest absolute Gasteiger partial charge is 0.257 e. The summed E-state index contributed by atoms with van der Waals surface area (Å²) in [7, 11) is -3.49.